The second-order valence-electron chi connectivity index (χ2n) is 4.36. The fourth-order valence-electron chi connectivity index (χ4n) is 1.90. The summed E-state index contributed by atoms with van der Waals surface area (Å²) >= 11 is 0. The Labute approximate surface area is 110 Å². The van der Waals surface area contributed by atoms with E-state index in [1.807, 2.05) is 6.07 Å². The van der Waals surface area contributed by atoms with Crippen LogP contribution in [0, 0.1) is 18.3 Å². The van der Waals surface area contributed by atoms with Gasteiger partial charge in [-0.05, 0) is 19.4 Å². The largest absolute Gasteiger partial charge is 0.342 e. The maximum atomic E-state index is 11.9. The summed E-state index contributed by atoms with van der Waals surface area (Å²) in [5, 5.41) is 11.7. The summed E-state index contributed by atoms with van der Waals surface area (Å²) in [4.78, 5) is 32.5. The van der Waals surface area contributed by atoms with Crippen LogP contribution >= 0.6 is 0 Å². The van der Waals surface area contributed by atoms with Crippen molar-refractivity contribution in [3.05, 3.63) is 17.5 Å². The fourth-order valence-corrected chi connectivity index (χ4v) is 1.90. The molecule has 1 fully saturated rings. The van der Waals surface area contributed by atoms with Crippen molar-refractivity contribution in [1.29, 1.82) is 5.26 Å². The Bertz CT molecular complexity index is 578. The Hall–Kier alpha value is -2.49. The number of carbonyl (C=O) groups excluding carboxylic acids is 2. The average molecular weight is 259 g/mol. The number of aromatic nitrogens is 2. The van der Waals surface area contributed by atoms with Crippen LogP contribution < -0.4 is 5.32 Å². The Morgan fingerprint density at radius 1 is 1.47 bits per heavy atom. The summed E-state index contributed by atoms with van der Waals surface area (Å²) in [6.07, 6.45) is 0.706. The number of hydrogen-bond acceptors (Lipinski definition) is 6. The topological polar surface area (TPSA) is 99.0 Å². The summed E-state index contributed by atoms with van der Waals surface area (Å²) in [6.45, 7) is 1.74. The van der Waals surface area contributed by atoms with Crippen LogP contribution in [0.25, 0.3) is 0 Å². The molecule has 1 N–H and O–H groups in total. The van der Waals surface area contributed by atoms with Gasteiger partial charge in [-0.15, -0.1) is 0 Å². The molecular weight excluding hydrogens is 246 g/mol. The van der Waals surface area contributed by atoms with Crippen molar-refractivity contribution < 1.29 is 9.59 Å². The maximum Gasteiger partial charge on any atom is 0.251 e. The van der Waals surface area contributed by atoms with Gasteiger partial charge in [0, 0.05) is 19.2 Å². The van der Waals surface area contributed by atoms with Gasteiger partial charge in [-0.1, -0.05) is 0 Å². The summed E-state index contributed by atoms with van der Waals surface area (Å²) in [6, 6.07) is 2.96. The Balaban J connectivity index is 2.18. The molecular formula is C12H13N5O2. The minimum absolute atomic E-state index is 0.189. The number of nitriles is 1. The highest BCUT2D eigenvalue weighted by atomic mass is 16.2. The van der Waals surface area contributed by atoms with Crippen LogP contribution in [0.4, 0.5) is 5.95 Å². The number of nitrogens with zero attached hydrogens (tertiary/aromatic N) is 4. The Kier molecular flexibility index (Phi) is 3.42. The standard InChI is InChI=1S/C12H13N5O2/c1-7-5-8(6-13)15-12(14-7)16-9-3-4-10(18)17(2)11(9)19/h5,9H,3-4H2,1-2H3,(H,14,15,16). The molecule has 1 saturated heterocycles. The smallest absolute Gasteiger partial charge is 0.251 e. The predicted molar refractivity (Wildman–Crippen MR) is 65.9 cm³/mol. The molecule has 0 saturated carbocycles. The molecule has 7 nitrogen and oxygen atoms in total. The molecule has 1 atom stereocenters. The minimum atomic E-state index is -0.531. The summed E-state index contributed by atoms with van der Waals surface area (Å²) in [5.74, 6) is -0.261. The number of carbonyl (C=O) groups is 2. The first-order chi connectivity index (χ1) is 9.01. The molecule has 0 radical (unpaired) electrons. The average Bonchev–Trinajstić information content (AvgIpc) is 2.39. The lowest BCUT2D eigenvalue weighted by Gasteiger charge is -2.28. The summed E-state index contributed by atoms with van der Waals surface area (Å²) in [5.41, 5.74) is 0.879. The van der Waals surface area contributed by atoms with E-state index in [-0.39, 0.29) is 23.5 Å². The molecule has 2 amide bonds. The highest BCUT2D eigenvalue weighted by Gasteiger charge is 2.32. The number of hydrogen-bond donors (Lipinski definition) is 1. The molecule has 2 rings (SSSR count). The number of aryl methyl sites for hydroxylation is 1. The van der Waals surface area contributed by atoms with Gasteiger partial charge in [0.15, 0.2) is 0 Å². The van der Waals surface area contributed by atoms with Crippen LogP contribution in [0.5, 0.6) is 0 Å². The zero-order valence-corrected chi connectivity index (χ0v) is 10.7. The molecule has 1 aliphatic heterocycles. The summed E-state index contributed by atoms with van der Waals surface area (Å²) in [7, 11) is 1.45. The van der Waals surface area contributed by atoms with E-state index in [1.165, 1.54) is 7.05 Å². The zero-order chi connectivity index (χ0) is 14.0. The van der Waals surface area contributed by atoms with Crippen LogP contribution in [0.3, 0.4) is 0 Å². The highest BCUT2D eigenvalue weighted by Crippen LogP contribution is 2.15. The second kappa shape index (κ2) is 5.02. The SMILES string of the molecule is Cc1cc(C#N)nc(NC2CCC(=O)N(C)C2=O)n1. The molecule has 1 aliphatic rings. The van der Waals surface area contributed by atoms with Gasteiger partial charge in [0.2, 0.25) is 11.9 Å². The first-order valence-corrected chi connectivity index (χ1v) is 5.84. The van der Waals surface area contributed by atoms with Crippen LogP contribution in [-0.2, 0) is 9.59 Å². The molecule has 1 unspecified atom stereocenters. The monoisotopic (exact) mass is 259 g/mol. The minimum Gasteiger partial charge on any atom is -0.342 e. The number of likely N-dealkylation sites (N-methyl/N-ethyl adjacent to an activating group) is 1. The fraction of sp³-hybridized carbons (Fsp3) is 0.417. The summed E-state index contributed by atoms with van der Waals surface area (Å²) < 4.78 is 0. The number of rotatable bonds is 2. The molecule has 7 heteroatoms. The predicted octanol–water partition coefficient (Wildman–Crippen LogP) is 0.216. The van der Waals surface area contributed by atoms with Gasteiger partial charge < -0.3 is 5.32 Å². The third kappa shape index (κ3) is 2.68. The van der Waals surface area contributed by atoms with E-state index in [0.717, 1.165) is 4.90 Å². The molecule has 0 spiro atoms. The number of anilines is 1. The van der Waals surface area contributed by atoms with Crippen molar-refractivity contribution >= 4 is 17.8 Å². The lowest BCUT2D eigenvalue weighted by Crippen LogP contribution is -2.48. The van der Waals surface area contributed by atoms with E-state index in [4.69, 9.17) is 5.26 Å². The molecule has 0 aliphatic carbocycles. The van der Waals surface area contributed by atoms with Crippen molar-refractivity contribution in [3.8, 4) is 6.07 Å². The molecule has 19 heavy (non-hydrogen) atoms. The van der Waals surface area contributed by atoms with E-state index in [2.05, 4.69) is 15.3 Å². The molecule has 0 aromatic carbocycles. The lowest BCUT2D eigenvalue weighted by molar-refractivity contribution is -0.146. The van der Waals surface area contributed by atoms with Crippen molar-refractivity contribution in [1.82, 2.24) is 14.9 Å². The van der Waals surface area contributed by atoms with Crippen molar-refractivity contribution in [2.75, 3.05) is 12.4 Å². The normalized spacial score (nSPS) is 19.2. The molecule has 2 heterocycles. The van der Waals surface area contributed by atoms with Crippen LogP contribution in [0.2, 0.25) is 0 Å². The molecule has 0 bridgehead atoms. The number of piperidine rings is 1. The van der Waals surface area contributed by atoms with E-state index in [9.17, 15) is 9.59 Å². The quantitative estimate of drug-likeness (QED) is 0.762. The Morgan fingerprint density at radius 3 is 2.89 bits per heavy atom. The van der Waals surface area contributed by atoms with Gasteiger partial charge in [0.05, 0.1) is 0 Å². The van der Waals surface area contributed by atoms with Gasteiger partial charge in [0.25, 0.3) is 5.91 Å². The number of likely N-dealkylation sites (tertiary alicyclic amines) is 1. The first kappa shape index (κ1) is 13.0. The maximum absolute atomic E-state index is 11.9. The first-order valence-electron chi connectivity index (χ1n) is 5.84. The number of imide groups is 1. The van der Waals surface area contributed by atoms with Gasteiger partial charge in [0.1, 0.15) is 17.8 Å². The van der Waals surface area contributed by atoms with E-state index in [1.54, 1.807) is 13.0 Å². The van der Waals surface area contributed by atoms with Gasteiger partial charge in [-0.25, -0.2) is 9.97 Å². The van der Waals surface area contributed by atoms with Crippen molar-refractivity contribution in [2.45, 2.75) is 25.8 Å². The number of amides is 2. The van der Waals surface area contributed by atoms with Crippen LogP contribution in [-0.4, -0.2) is 39.8 Å². The molecule has 98 valence electrons. The van der Waals surface area contributed by atoms with Gasteiger partial charge >= 0.3 is 0 Å². The molecule has 1 aromatic rings. The second-order valence-corrected chi connectivity index (χ2v) is 4.36. The van der Waals surface area contributed by atoms with Crippen LogP contribution in [0.1, 0.15) is 24.2 Å². The van der Waals surface area contributed by atoms with Gasteiger partial charge in [-0.3, -0.25) is 14.5 Å². The third-order valence-corrected chi connectivity index (χ3v) is 2.92. The number of nitrogens with one attached hydrogen (secondary N) is 1. The van der Waals surface area contributed by atoms with E-state index >= 15 is 0 Å². The van der Waals surface area contributed by atoms with E-state index < -0.39 is 6.04 Å². The van der Waals surface area contributed by atoms with Crippen molar-refractivity contribution in [2.24, 2.45) is 0 Å². The lowest BCUT2D eigenvalue weighted by atomic mass is 10.1. The molecule has 1 aromatic heterocycles. The third-order valence-electron chi connectivity index (χ3n) is 2.92. The Morgan fingerprint density at radius 2 is 2.21 bits per heavy atom. The van der Waals surface area contributed by atoms with Crippen molar-refractivity contribution in [3.63, 3.8) is 0 Å². The van der Waals surface area contributed by atoms with Gasteiger partial charge in [-0.2, -0.15) is 5.26 Å². The highest BCUT2D eigenvalue weighted by molar-refractivity contribution is 6.01. The zero-order valence-electron chi connectivity index (χ0n) is 10.7. The van der Waals surface area contributed by atoms with Crippen LogP contribution in [0.15, 0.2) is 6.07 Å². The van der Waals surface area contributed by atoms with E-state index in [0.29, 0.717) is 18.5 Å².